The van der Waals surface area contributed by atoms with Gasteiger partial charge in [0.05, 0.1) is 0 Å². The average Bonchev–Trinajstić information content (AvgIpc) is 2.52. The van der Waals surface area contributed by atoms with Crippen molar-refractivity contribution >= 4 is 11.8 Å². The lowest BCUT2D eigenvalue weighted by Crippen LogP contribution is -2.50. The molecule has 23 heavy (non-hydrogen) atoms. The summed E-state index contributed by atoms with van der Waals surface area (Å²) in [6.45, 7) is 20.9. The van der Waals surface area contributed by atoms with Gasteiger partial charge in [-0.05, 0) is 46.4 Å². The van der Waals surface area contributed by atoms with E-state index in [0.29, 0.717) is 0 Å². The number of hydrogen-bond acceptors (Lipinski definition) is 3. The summed E-state index contributed by atoms with van der Waals surface area (Å²) in [5.74, 6) is 0. The van der Waals surface area contributed by atoms with Crippen molar-refractivity contribution in [1.82, 2.24) is 9.80 Å². The fraction of sp³-hybridized carbons (Fsp3) is 0.400. The van der Waals surface area contributed by atoms with Crippen molar-refractivity contribution in [3.63, 3.8) is 0 Å². The van der Waals surface area contributed by atoms with Crippen molar-refractivity contribution in [2.75, 3.05) is 7.05 Å². The molecular weight excluding hydrogens is 300 g/mol. The molecule has 0 saturated carbocycles. The molecule has 1 aliphatic heterocycles. The van der Waals surface area contributed by atoms with Gasteiger partial charge in [0.1, 0.15) is 6.17 Å². The fourth-order valence-electron chi connectivity index (χ4n) is 2.92. The maximum Gasteiger partial charge on any atom is 0.138 e. The van der Waals surface area contributed by atoms with E-state index < -0.39 is 0 Å². The minimum atomic E-state index is 0.0975. The predicted molar refractivity (Wildman–Crippen MR) is 106 cm³/mol. The molecular formula is C20H30N2S. The third-order valence-electron chi connectivity index (χ3n) is 4.06. The molecule has 1 heterocycles. The lowest BCUT2D eigenvalue weighted by molar-refractivity contribution is 0.174. The normalized spacial score (nSPS) is 24.0. The van der Waals surface area contributed by atoms with Crippen LogP contribution in [0.1, 0.15) is 41.5 Å². The van der Waals surface area contributed by atoms with Gasteiger partial charge in [0.2, 0.25) is 0 Å². The Balaban J connectivity index is 3.54. The van der Waals surface area contributed by atoms with Gasteiger partial charge in [0, 0.05) is 34.6 Å². The molecule has 0 aromatic heterocycles. The minimum Gasteiger partial charge on any atom is -0.350 e. The average molecular weight is 331 g/mol. The van der Waals surface area contributed by atoms with Crippen LogP contribution in [-0.2, 0) is 0 Å². The van der Waals surface area contributed by atoms with Crippen LogP contribution in [0, 0.1) is 0 Å². The topological polar surface area (TPSA) is 6.48 Å². The summed E-state index contributed by atoms with van der Waals surface area (Å²) in [4.78, 5) is 6.99. The van der Waals surface area contributed by atoms with Gasteiger partial charge in [-0.2, -0.15) is 0 Å². The summed E-state index contributed by atoms with van der Waals surface area (Å²) in [5.41, 5.74) is 4.64. The van der Waals surface area contributed by atoms with E-state index in [2.05, 4.69) is 88.9 Å². The molecule has 2 nitrogen and oxygen atoms in total. The Hall–Kier alpha value is -1.61. The second-order valence-electron chi connectivity index (χ2n) is 5.60. The molecule has 0 spiro atoms. The monoisotopic (exact) mass is 330 g/mol. The highest BCUT2D eigenvalue weighted by Gasteiger charge is 2.36. The van der Waals surface area contributed by atoms with Gasteiger partial charge >= 0.3 is 0 Å². The zero-order chi connectivity index (χ0) is 17.7. The van der Waals surface area contributed by atoms with Gasteiger partial charge in [0.15, 0.2) is 0 Å². The number of rotatable bonds is 4. The van der Waals surface area contributed by atoms with Crippen LogP contribution in [0.4, 0.5) is 0 Å². The molecule has 1 rings (SSSR count). The Morgan fingerprint density at radius 3 is 2.09 bits per heavy atom. The van der Waals surface area contributed by atoms with Crippen LogP contribution < -0.4 is 0 Å². The standard InChI is InChI=1S/C20H30N2S/c1-10-15(7)22-16(8)17(11-2)18(12-3)21(9)20(22)19(13-4)23-14(5)6/h10-13,20H,5,8H2,1-4,6-7,9H3/b15-10+,17-11-,18-12+,19-13-. The Morgan fingerprint density at radius 2 is 1.70 bits per heavy atom. The summed E-state index contributed by atoms with van der Waals surface area (Å²) < 4.78 is 0. The van der Waals surface area contributed by atoms with E-state index >= 15 is 0 Å². The van der Waals surface area contributed by atoms with Gasteiger partial charge in [-0.15, -0.1) is 0 Å². The lowest BCUT2D eigenvalue weighted by Gasteiger charge is -2.49. The molecule has 1 unspecified atom stereocenters. The van der Waals surface area contributed by atoms with Crippen LogP contribution in [0.25, 0.3) is 0 Å². The Bertz CT molecular complexity index is 605. The van der Waals surface area contributed by atoms with E-state index in [9.17, 15) is 0 Å². The molecule has 1 aliphatic rings. The Kier molecular flexibility index (Phi) is 7.01. The summed E-state index contributed by atoms with van der Waals surface area (Å²) >= 11 is 1.73. The number of hydrogen-bond donors (Lipinski definition) is 0. The maximum absolute atomic E-state index is 4.39. The molecule has 0 bridgehead atoms. The fourth-order valence-corrected chi connectivity index (χ4v) is 3.81. The van der Waals surface area contributed by atoms with Crippen molar-refractivity contribution in [1.29, 1.82) is 0 Å². The van der Waals surface area contributed by atoms with Gasteiger partial charge in [0.25, 0.3) is 0 Å². The molecule has 1 atom stereocenters. The van der Waals surface area contributed by atoms with E-state index in [0.717, 1.165) is 10.6 Å². The Labute approximate surface area is 146 Å². The molecule has 0 N–H and O–H groups in total. The summed E-state index contributed by atoms with van der Waals surface area (Å²) in [6, 6.07) is 0. The van der Waals surface area contributed by atoms with Gasteiger partial charge in [-0.1, -0.05) is 49.2 Å². The summed E-state index contributed by atoms with van der Waals surface area (Å²) in [6.07, 6.45) is 8.72. The van der Waals surface area contributed by atoms with Crippen LogP contribution in [0.5, 0.6) is 0 Å². The molecule has 3 heteroatoms. The highest BCUT2D eigenvalue weighted by Crippen LogP contribution is 2.42. The van der Waals surface area contributed by atoms with Gasteiger partial charge in [-0.25, -0.2) is 0 Å². The van der Waals surface area contributed by atoms with Crippen LogP contribution in [0.15, 0.2) is 69.9 Å². The number of allylic oxidation sites excluding steroid dienone is 6. The Morgan fingerprint density at radius 1 is 1.09 bits per heavy atom. The predicted octanol–water partition coefficient (Wildman–Crippen LogP) is 6.02. The first-order valence-electron chi connectivity index (χ1n) is 8.00. The first-order valence-corrected chi connectivity index (χ1v) is 8.82. The van der Waals surface area contributed by atoms with E-state index in [1.54, 1.807) is 11.8 Å². The van der Waals surface area contributed by atoms with Crippen LogP contribution in [0.2, 0.25) is 0 Å². The molecule has 1 saturated heterocycles. The zero-order valence-electron chi connectivity index (χ0n) is 15.6. The third-order valence-corrected chi connectivity index (χ3v) is 5.09. The molecule has 1 fully saturated rings. The summed E-state index contributed by atoms with van der Waals surface area (Å²) in [5, 5.41) is 0. The van der Waals surface area contributed by atoms with Crippen molar-refractivity contribution in [2.45, 2.75) is 47.7 Å². The van der Waals surface area contributed by atoms with Crippen molar-refractivity contribution in [2.24, 2.45) is 0 Å². The molecule has 0 amide bonds. The largest absolute Gasteiger partial charge is 0.350 e. The smallest absolute Gasteiger partial charge is 0.138 e. The van der Waals surface area contributed by atoms with E-state index in [1.807, 2.05) is 6.92 Å². The van der Waals surface area contributed by atoms with Crippen molar-refractivity contribution in [3.05, 3.63) is 69.9 Å². The number of nitrogens with zero attached hydrogens (tertiary/aromatic N) is 2. The van der Waals surface area contributed by atoms with Crippen molar-refractivity contribution in [3.8, 4) is 0 Å². The summed E-state index contributed by atoms with van der Waals surface area (Å²) in [7, 11) is 2.15. The van der Waals surface area contributed by atoms with Crippen LogP contribution in [-0.4, -0.2) is 23.0 Å². The molecule has 126 valence electrons. The SMILES string of the molecule is C=C(C)S/C(=C\C)C1N(C)C(=C/C)/C(=C\C)C(=C)N1/C(C)=C/C. The second kappa shape index (κ2) is 8.30. The lowest BCUT2D eigenvalue weighted by atomic mass is 10.0. The number of thioether (sulfide) groups is 1. The molecule has 0 aromatic rings. The number of likely N-dealkylation sites (N-methyl/N-ethyl adjacent to an activating group) is 1. The maximum atomic E-state index is 4.39. The van der Waals surface area contributed by atoms with Gasteiger partial charge in [-0.3, -0.25) is 0 Å². The van der Waals surface area contributed by atoms with Crippen molar-refractivity contribution < 1.29 is 0 Å². The second-order valence-corrected chi connectivity index (χ2v) is 6.98. The van der Waals surface area contributed by atoms with Gasteiger partial charge < -0.3 is 9.80 Å². The minimum absolute atomic E-state index is 0.0975. The highest BCUT2D eigenvalue weighted by atomic mass is 32.2. The van der Waals surface area contributed by atoms with E-state index in [-0.39, 0.29) is 6.17 Å². The van der Waals surface area contributed by atoms with Crippen LogP contribution >= 0.6 is 11.8 Å². The third kappa shape index (κ3) is 3.84. The zero-order valence-corrected chi connectivity index (χ0v) is 16.4. The highest BCUT2D eigenvalue weighted by molar-refractivity contribution is 8.06. The quantitative estimate of drug-likeness (QED) is 0.622. The first-order chi connectivity index (χ1) is 10.8. The van der Waals surface area contributed by atoms with Crippen LogP contribution in [0.3, 0.4) is 0 Å². The molecule has 0 radical (unpaired) electrons. The molecule has 0 aromatic carbocycles. The van der Waals surface area contributed by atoms with E-state index in [4.69, 9.17) is 0 Å². The molecule has 0 aliphatic carbocycles. The van der Waals surface area contributed by atoms with E-state index in [1.165, 1.54) is 21.9 Å². The first kappa shape index (κ1) is 19.4.